The van der Waals surface area contributed by atoms with Gasteiger partial charge in [-0.05, 0) is 11.8 Å². The van der Waals surface area contributed by atoms with Crippen molar-refractivity contribution in [2.24, 2.45) is 7.05 Å². The highest BCUT2D eigenvalue weighted by Gasteiger charge is 2.11. The van der Waals surface area contributed by atoms with Crippen molar-refractivity contribution in [2.45, 2.75) is 0 Å². The van der Waals surface area contributed by atoms with Crippen LogP contribution in [0.5, 0.6) is 0 Å². The van der Waals surface area contributed by atoms with Gasteiger partial charge in [-0.25, -0.2) is 0 Å². The summed E-state index contributed by atoms with van der Waals surface area (Å²) in [5, 5.41) is 12.5. The number of nitrogens with zero attached hydrogens (tertiary/aromatic N) is 5. The smallest absolute Gasteiger partial charge is 0.307 e. The minimum atomic E-state index is 0.781. The highest BCUT2D eigenvalue weighted by Crippen LogP contribution is 2.19. The first-order valence-electron chi connectivity index (χ1n) is 4.65. The molecule has 0 fully saturated rings. The summed E-state index contributed by atoms with van der Waals surface area (Å²) < 4.78 is 1.53. The Morgan fingerprint density at radius 2 is 2.07 bits per heavy atom. The Morgan fingerprint density at radius 3 is 2.87 bits per heavy atom. The molecule has 0 radical (unpaired) electrons. The van der Waals surface area contributed by atoms with Crippen LogP contribution in [0.1, 0.15) is 0 Å². The van der Waals surface area contributed by atoms with Gasteiger partial charge in [0.2, 0.25) is 0 Å². The molecule has 0 aliphatic rings. The lowest BCUT2D eigenvalue weighted by molar-refractivity contribution is -0.648. The summed E-state index contributed by atoms with van der Waals surface area (Å²) in [6.07, 6.45) is 1.78. The largest absolute Gasteiger partial charge is 0.316 e. The zero-order valence-electron chi connectivity index (χ0n) is 8.20. The first-order chi connectivity index (χ1) is 7.34. The lowest BCUT2D eigenvalue weighted by atomic mass is 10.1. The summed E-state index contributed by atoms with van der Waals surface area (Å²) in [7, 11) is 1.78. The lowest BCUT2D eigenvalue weighted by Gasteiger charge is -1.92. The molecule has 0 N–H and O–H groups in total. The van der Waals surface area contributed by atoms with Gasteiger partial charge in [0.25, 0.3) is 0 Å². The van der Waals surface area contributed by atoms with E-state index in [-0.39, 0.29) is 0 Å². The van der Waals surface area contributed by atoms with Crippen molar-refractivity contribution in [1.29, 1.82) is 0 Å². The quantitative estimate of drug-likeness (QED) is 0.525. The Morgan fingerprint density at radius 1 is 1.27 bits per heavy atom. The molecule has 3 aromatic rings. The maximum absolute atomic E-state index is 4.26. The van der Waals surface area contributed by atoms with Gasteiger partial charge in [-0.15, -0.1) is 10.0 Å². The molecule has 0 bridgehead atoms. The molecule has 15 heavy (non-hydrogen) atoms. The number of hydrogen-bond acceptors (Lipinski definition) is 2. The topological polar surface area (TPSA) is 48.9 Å². The molecule has 0 unspecified atom stereocenters. The summed E-state index contributed by atoms with van der Waals surface area (Å²) in [6.45, 7) is 0. The van der Waals surface area contributed by atoms with Crippen LogP contribution in [-0.2, 0) is 7.05 Å². The van der Waals surface area contributed by atoms with E-state index in [1.807, 2.05) is 30.3 Å². The molecular weight excluding hydrogens is 190 g/mol. The van der Waals surface area contributed by atoms with Crippen LogP contribution in [0.3, 0.4) is 0 Å². The van der Waals surface area contributed by atoms with E-state index in [4.69, 9.17) is 0 Å². The third kappa shape index (κ3) is 1.20. The molecule has 3 rings (SSSR count). The van der Waals surface area contributed by atoms with Crippen LogP contribution in [-0.4, -0.2) is 15.1 Å². The molecule has 2 aromatic heterocycles. The molecule has 0 spiro atoms. The molecule has 0 aliphatic heterocycles. The molecule has 0 aliphatic carbocycles. The Kier molecular flexibility index (Phi) is 1.58. The Hall–Kier alpha value is -2.17. The molecule has 0 saturated carbocycles. The fourth-order valence-electron chi connectivity index (χ4n) is 1.59. The molecule has 74 valence electrons. The maximum Gasteiger partial charge on any atom is 0.316 e. The van der Waals surface area contributed by atoms with Crippen molar-refractivity contribution < 1.29 is 4.63 Å². The van der Waals surface area contributed by atoms with Crippen molar-refractivity contribution in [3.8, 4) is 11.1 Å². The number of benzene rings is 1. The lowest BCUT2D eigenvalue weighted by Crippen LogP contribution is -2.27. The van der Waals surface area contributed by atoms with E-state index >= 15 is 0 Å². The first-order valence-corrected chi connectivity index (χ1v) is 4.65. The number of fused-ring (bicyclic) bond motifs is 1. The molecule has 1 aromatic carbocycles. The van der Waals surface area contributed by atoms with Crippen molar-refractivity contribution in [1.82, 2.24) is 20.2 Å². The van der Waals surface area contributed by atoms with Crippen LogP contribution in [0.15, 0.2) is 36.5 Å². The molecule has 5 nitrogen and oxygen atoms in total. The Balaban J connectivity index is 2.27. The average Bonchev–Trinajstić information content (AvgIpc) is 2.77. The minimum absolute atomic E-state index is 0.781. The molecule has 5 heteroatoms. The van der Waals surface area contributed by atoms with Crippen LogP contribution < -0.4 is 9.73 Å². The predicted octanol–water partition coefficient (Wildman–Crippen LogP) is 0.178. The fourth-order valence-corrected chi connectivity index (χ4v) is 1.59. The first kappa shape index (κ1) is 8.16. The van der Waals surface area contributed by atoms with Gasteiger partial charge in [0.05, 0.1) is 12.6 Å². The van der Waals surface area contributed by atoms with Crippen LogP contribution >= 0.6 is 0 Å². The maximum atomic E-state index is 4.26. The fraction of sp³-hybridized carbons (Fsp3) is 0.100. The van der Waals surface area contributed by atoms with Gasteiger partial charge in [0.1, 0.15) is 0 Å². The monoisotopic (exact) mass is 199 g/mol. The SMILES string of the molecule is Cn1nc2c(-c3ccccc3)c[n-][n+]2n1. The van der Waals surface area contributed by atoms with Crippen molar-refractivity contribution in [2.75, 3.05) is 0 Å². The zero-order valence-corrected chi connectivity index (χ0v) is 8.20. The van der Waals surface area contributed by atoms with Gasteiger partial charge in [-0.2, -0.15) is 4.63 Å². The second kappa shape index (κ2) is 2.91. The molecule has 0 saturated heterocycles. The molecule has 0 atom stereocenters. The molecule has 0 amide bonds. The minimum Gasteiger partial charge on any atom is -0.307 e. The standard InChI is InChI=1S/C10H9N5/c1-14-12-10-9(7-11-15(10)13-14)8-5-3-2-4-6-8/h2-7H,1H3. The van der Waals surface area contributed by atoms with E-state index < -0.39 is 0 Å². The summed E-state index contributed by atoms with van der Waals surface area (Å²) in [5.41, 5.74) is 2.89. The van der Waals surface area contributed by atoms with Gasteiger partial charge in [0, 0.05) is 5.10 Å². The van der Waals surface area contributed by atoms with Crippen molar-refractivity contribution in [3.63, 3.8) is 0 Å². The summed E-state index contributed by atoms with van der Waals surface area (Å²) in [5.74, 6) is 0. The van der Waals surface area contributed by atoms with Crippen molar-refractivity contribution in [3.05, 3.63) is 36.5 Å². The number of aromatic nitrogens is 5. The molecule has 2 heterocycles. The van der Waals surface area contributed by atoms with Gasteiger partial charge in [-0.1, -0.05) is 30.3 Å². The number of tetrazole rings is 1. The third-order valence-electron chi connectivity index (χ3n) is 2.26. The van der Waals surface area contributed by atoms with Crippen LogP contribution in [0.25, 0.3) is 16.8 Å². The summed E-state index contributed by atoms with van der Waals surface area (Å²) in [6, 6.07) is 10.0. The van der Waals surface area contributed by atoms with E-state index in [1.54, 1.807) is 13.2 Å². The van der Waals surface area contributed by atoms with E-state index in [9.17, 15) is 0 Å². The summed E-state index contributed by atoms with van der Waals surface area (Å²) in [4.78, 5) is 1.51. The van der Waals surface area contributed by atoms with Crippen LogP contribution in [0.2, 0.25) is 0 Å². The van der Waals surface area contributed by atoms with E-state index in [1.165, 1.54) is 9.43 Å². The number of rotatable bonds is 1. The van der Waals surface area contributed by atoms with Crippen molar-refractivity contribution >= 4 is 5.65 Å². The Bertz CT molecular complexity index is 593. The highest BCUT2D eigenvalue weighted by atomic mass is 15.7. The van der Waals surface area contributed by atoms with Gasteiger partial charge < -0.3 is 5.10 Å². The van der Waals surface area contributed by atoms with E-state index in [0.29, 0.717) is 0 Å². The van der Waals surface area contributed by atoms with Gasteiger partial charge >= 0.3 is 5.65 Å². The Labute approximate surface area is 85.9 Å². The van der Waals surface area contributed by atoms with Crippen LogP contribution in [0, 0.1) is 0 Å². The normalized spacial score (nSPS) is 11.0. The number of aryl methyl sites for hydroxylation is 1. The van der Waals surface area contributed by atoms with Gasteiger partial charge in [0.15, 0.2) is 0 Å². The second-order valence-electron chi connectivity index (χ2n) is 3.32. The van der Waals surface area contributed by atoms with E-state index in [0.717, 1.165) is 16.8 Å². The summed E-state index contributed by atoms with van der Waals surface area (Å²) >= 11 is 0. The zero-order chi connectivity index (χ0) is 10.3. The molecular formula is C10H9N5. The highest BCUT2D eigenvalue weighted by molar-refractivity contribution is 5.73. The second-order valence-corrected chi connectivity index (χ2v) is 3.32. The van der Waals surface area contributed by atoms with E-state index in [2.05, 4.69) is 15.4 Å². The van der Waals surface area contributed by atoms with Crippen LogP contribution in [0.4, 0.5) is 0 Å². The predicted molar refractivity (Wildman–Crippen MR) is 52.9 cm³/mol. The number of hydrogen-bond donors (Lipinski definition) is 0. The van der Waals surface area contributed by atoms with Gasteiger partial charge in [-0.3, -0.25) is 0 Å². The third-order valence-corrected chi connectivity index (χ3v) is 2.26. The average molecular weight is 199 g/mol.